The summed E-state index contributed by atoms with van der Waals surface area (Å²) < 4.78 is 26.1. The summed E-state index contributed by atoms with van der Waals surface area (Å²) in [5.41, 5.74) is 2.22. The van der Waals surface area contributed by atoms with Crippen LogP contribution >= 0.6 is 0 Å². The van der Waals surface area contributed by atoms with Crippen molar-refractivity contribution in [2.75, 3.05) is 11.9 Å². The van der Waals surface area contributed by atoms with E-state index in [-0.39, 0.29) is 18.1 Å². The number of amides is 1. The standard InChI is InChI=1S/C16H16F2N2O/c1-11-4-2-3-5-12(11)9-20-16(21)10-19-15-7-6-13(17)8-14(15)18/h2-8,19H,9-10H2,1H3,(H,20,21). The maximum atomic E-state index is 13.4. The summed E-state index contributed by atoms with van der Waals surface area (Å²) in [4.78, 5) is 11.7. The Morgan fingerprint density at radius 3 is 2.62 bits per heavy atom. The van der Waals surface area contributed by atoms with Gasteiger partial charge < -0.3 is 10.6 Å². The minimum Gasteiger partial charge on any atom is -0.374 e. The lowest BCUT2D eigenvalue weighted by molar-refractivity contribution is -0.119. The van der Waals surface area contributed by atoms with Crippen LogP contribution in [-0.4, -0.2) is 12.5 Å². The number of aryl methyl sites for hydroxylation is 1. The molecular formula is C16H16F2N2O. The molecule has 110 valence electrons. The van der Waals surface area contributed by atoms with Crippen molar-refractivity contribution >= 4 is 11.6 Å². The SMILES string of the molecule is Cc1ccccc1CNC(=O)CNc1ccc(F)cc1F. The average Bonchev–Trinajstić information content (AvgIpc) is 2.45. The first kappa shape index (κ1) is 15.0. The van der Waals surface area contributed by atoms with Crippen LogP contribution in [0.2, 0.25) is 0 Å². The normalized spacial score (nSPS) is 10.2. The van der Waals surface area contributed by atoms with Gasteiger partial charge in [-0.1, -0.05) is 24.3 Å². The number of hydrogen-bond donors (Lipinski definition) is 2. The lowest BCUT2D eigenvalue weighted by Crippen LogP contribution is -2.29. The van der Waals surface area contributed by atoms with Crippen LogP contribution in [0.15, 0.2) is 42.5 Å². The summed E-state index contributed by atoms with van der Waals surface area (Å²) in [6, 6.07) is 10.9. The van der Waals surface area contributed by atoms with E-state index in [1.54, 1.807) is 0 Å². The highest BCUT2D eigenvalue weighted by Crippen LogP contribution is 2.14. The van der Waals surface area contributed by atoms with Crippen molar-refractivity contribution in [3.63, 3.8) is 0 Å². The molecule has 2 aromatic carbocycles. The largest absolute Gasteiger partial charge is 0.374 e. The first-order valence-corrected chi connectivity index (χ1v) is 6.56. The van der Waals surface area contributed by atoms with E-state index in [9.17, 15) is 13.6 Å². The van der Waals surface area contributed by atoms with Crippen LogP contribution < -0.4 is 10.6 Å². The molecule has 2 aromatic rings. The molecule has 5 heteroatoms. The second-order valence-electron chi connectivity index (χ2n) is 4.68. The van der Waals surface area contributed by atoms with Gasteiger partial charge in [-0.15, -0.1) is 0 Å². The molecule has 0 heterocycles. The van der Waals surface area contributed by atoms with Crippen molar-refractivity contribution in [2.24, 2.45) is 0 Å². The van der Waals surface area contributed by atoms with Crippen LogP contribution in [0.4, 0.5) is 14.5 Å². The molecule has 0 aliphatic heterocycles. The maximum Gasteiger partial charge on any atom is 0.239 e. The van der Waals surface area contributed by atoms with Crippen molar-refractivity contribution in [1.82, 2.24) is 5.32 Å². The summed E-state index contributed by atoms with van der Waals surface area (Å²) in [7, 11) is 0. The average molecular weight is 290 g/mol. The summed E-state index contributed by atoms with van der Waals surface area (Å²) >= 11 is 0. The zero-order chi connectivity index (χ0) is 15.2. The highest BCUT2D eigenvalue weighted by molar-refractivity contribution is 5.80. The topological polar surface area (TPSA) is 41.1 Å². The van der Waals surface area contributed by atoms with E-state index in [1.165, 1.54) is 6.07 Å². The van der Waals surface area contributed by atoms with E-state index in [4.69, 9.17) is 0 Å². The van der Waals surface area contributed by atoms with Crippen molar-refractivity contribution in [3.8, 4) is 0 Å². The van der Waals surface area contributed by atoms with E-state index in [0.717, 1.165) is 23.3 Å². The van der Waals surface area contributed by atoms with Crippen LogP contribution in [0, 0.1) is 18.6 Å². The predicted molar refractivity (Wildman–Crippen MR) is 77.9 cm³/mol. The number of benzene rings is 2. The molecule has 21 heavy (non-hydrogen) atoms. The summed E-state index contributed by atoms with van der Waals surface area (Å²) in [6.45, 7) is 2.31. The summed E-state index contributed by atoms with van der Waals surface area (Å²) in [6.07, 6.45) is 0. The molecule has 3 nitrogen and oxygen atoms in total. The molecule has 2 N–H and O–H groups in total. The minimum absolute atomic E-state index is 0.0750. The molecule has 1 amide bonds. The highest BCUT2D eigenvalue weighted by Gasteiger charge is 2.06. The minimum atomic E-state index is -0.721. The number of anilines is 1. The quantitative estimate of drug-likeness (QED) is 0.889. The first-order chi connectivity index (χ1) is 10.1. The zero-order valence-electron chi connectivity index (χ0n) is 11.6. The Labute approximate surface area is 122 Å². The molecular weight excluding hydrogens is 274 g/mol. The molecule has 0 unspecified atom stereocenters. The molecule has 2 rings (SSSR count). The predicted octanol–water partition coefficient (Wildman–Crippen LogP) is 3.00. The third-order valence-corrected chi connectivity index (χ3v) is 3.11. The van der Waals surface area contributed by atoms with Gasteiger partial charge in [-0.2, -0.15) is 0 Å². The fourth-order valence-electron chi connectivity index (χ4n) is 1.87. The van der Waals surface area contributed by atoms with Gasteiger partial charge in [-0.05, 0) is 30.2 Å². The van der Waals surface area contributed by atoms with Gasteiger partial charge in [0.2, 0.25) is 5.91 Å². The van der Waals surface area contributed by atoms with E-state index >= 15 is 0 Å². The van der Waals surface area contributed by atoms with Crippen molar-refractivity contribution < 1.29 is 13.6 Å². The molecule has 0 radical (unpaired) electrons. The van der Waals surface area contributed by atoms with Crippen molar-refractivity contribution in [1.29, 1.82) is 0 Å². The fraction of sp³-hybridized carbons (Fsp3) is 0.188. The van der Waals surface area contributed by atoms with E-state index < -0.39 is 11.6 Å². The number of rotatable bonds is 5. The van der Waals surface area contributed by atoms with Crippen LogP contribution in [0.1, 0.15) is 11.1 Å². The van der Waals surface area contributed by atoms with Gasteiger partial charge in [0.25, 0.3) is 0 Å². The molecule has 0 aliphatic carbocycles. The van der Waals surface area contributed by atoms with Gasteiger partial charge in [0.05, 0.1) is 12.2 Å². The molecule has 0 saturated carbocycles. The van der Waals surface area contributed by atoms with Crippen LogP contribution in [0.25, 0.3) is 0 Å². The lowest BCUT2D eigenvalue weighted by Gasteiger charge is -2.10. The van der Waals surface area contributed by atoms with Gasteiger partial charge in [0, 0.05) is 12.6 Å². The number of carbonyl (C=O) groups is 1. The van der Waals surface area contributed by atoms with Crippen molar-refractivity contribution in [3.05, 3.63) is 65.2 Å². The van der Waals surface area contributed by atoms with Crippen LogP contribution in [-0.2, 0) is 11.3 Å². The molecule has 0 saturated heterocycles. The van der Waals surface area contributed by atoms with Gasteiger partial charge in [0.1, 0.15) is 11.6 Å². The third kappa shape index (κ3) is 4.27. The van der Waals surface area contributed by atoms with E-state index in [2.05, 4.69) is 10.6 Å². The third-order valence-electron chi connectivity index (χ3n) is 3.11. The molecule has 0 bridgehead atoms. The maximum absolute atomic E-state index is 13.4. The second-order valence-corrected chi connectivity index (χ2v) is 4.68. The number of hydrogen-bond acceptors (Lipinski definition) is 2. The Morgan fingerprint density at radius 2 is 1.90 bits per heavy atom. The number of nitrogens with one attached hydrogen (secondary N) is 2. The molecule has 0 spiro atoms. The van der Waals surface area contributed by atoms with Gasteiger partial charge in [-0.25, -0.2) is 8.78 Å². The smallest absolute Gasteiger partial charge is 0.239 e. The van der Waals surface area contributed by atoms with Crippen LogP contribution in [0.3, 0.4) is 0 Å². The monoisotopic (exact) mass is 290 g/mol. The van der Waals surface area contributed by atoms with Crippen molar-refractivity contribution in [2.45, 2.75) is 13.5 Å². The Bertz CT molecular complexity index is 644. The highest BCUT2D eigenvalue weighted by atomic mass is 19.1. The summed E-state index contributed by atoms with van der Waals surface area (Å²) in [5, 5.41) is 5.38. The first-order valence-electron chi connectivity index (χ1n) is 6.56. The van der Waals surface area contributed by atoms with Crippen LogP contribution in [0.5, 0.6) is 0 Å². The molecule has 0 fully saturated rings. The van der Waals surface area contributed by atoms with E-state index in [0.29, 0.717) is 6.54 Å². The zero-order valence-corrected chi connectivity index (χ0v) is 11.6. The Hall–Kier alpha value is -2.43. The lowest BCUT2D eigenvalue weighted by atomic mass is 10.1. The Balaban J connectivity index is 1.84. The van der Waals surface area contributed by atoms with Gasteiger partial charge >= 0.3 is 0 Å². The molecule has 0 atom stereocenters. The van der Waals surface area contributed by atoms with Gasteiger partial charge in [-0.3, -0.25) is 4.79 Å². The second kappa shape index (κ2) is 6.83. The molecule has 0 aliphatic rings. The number of halogens is 2. The Kier molecular flexibility index (Phi) is 4.87. The summed E-state index contributed by atoms with van der Waals surface area (Å²) in [5.74, 6) is -1.63. The fourth-order valence-corrected chi connectivity index (χ4v) is 1.87. The molecule has 0 aromatic heterocycles. The van der Waals surface area contributed by atoms with E-state index in [1.807, 2.05) is 31.2 Å². The van der Waals surface area contributed by atoms with Gasteiger partial charge in [0.15, 0.2) is 0 Å². The number of carbonyl (C=O) groups excluding carboxylic acids is 1. The Morgan fingerprint density at radius 1 is 1.14 bits per heavy atom.